The second-order valence-electron chi connectivity index (χ2n) is 4.83. The van der Waals surface area contributed by atoms with Crippen LogP contribution in [0.2, 0.25) is 0 Å². The van der Waals surface area contributed by atoms with Gasteiger partial charge in [0.15, 0.2) is 5.82 Å². The number of hydrogen-bond acceptors (Lipinski definition) is 4. The van der Waals surface area contributed by atoms with Gasteiger partial charge in [0, 0.05) is 5.25 Å². The van der Waals surface area contributed by atoms with Gasteiger partial charge in [-0.3, -0.25) is 0 Å². The molecule has 4 nitrogen and oxygen atoms in total. The van der Waals surface area contributed by atoms with Crippen LogP contribution >= 0.6 is 11.8 Å². The lowest BCUT2D eigenvalue weighted by Crippen LogP contribution is -2.12. The van der Waals surface area contributed by atoms with Gasteiger partial charge in [0.1, 0.15) is 5.82 Å². The molecule has 0 radical (unpaired) electrons. The summed E-state index contributed by atoms with van der Waals surface area (Å²) in [4.78, 5) is 0. The van der Waals surface area contributed by atoms with E-state index in [0.29, 0.717) is 16.5 Å². The van der Waals surface area contributed by atoms with Gasteiger partial charge in [0.05, 0.1) is 5.56 Å². The summed E-state index contributed by atoms with van der Waals surface area (Å²) in [6.45, 7) is 2.07. The zero-order valence-electron chi connectivity index (χ0n) is 12.0. The highest BCUT2D eigenvalue weighted by Gasteiger charge is 2.17. The molecule has 0 aliphatic rings. The topological polar surface area (TPSA) is 56.7 Å². The molecule has 0 saturated carbocycles. The van der Waals surface area contributed by atoms with Gasteiger partial charge in [-0.2, -0.15) is 0 Å². The lowest BCUT2D eigenvalue weighted by Gasteiger charge is -2.10. The van der Waals surface area contributed by atoms with Gasteiger partial charge in [0.25, 0.3) is 0 Å². The van der Waals surface area contributed by atoms with Crippen molar-refractivity contribution in [1.29, 1.82) is 0 Å². The number of nitrogen functional groups attached to an aromatic ring is 1. The third kappa shape index (κ3) is 2.82. The number of hydrogen-bond donors (Lipinski definition) is 1. The molecule has 0 aliphatic carbocycles. The minimum Gasteiger partial charge on any atom is -0.335 e. The van der Waals surface area contributed by atoms with E-state index in [9.17, 15) is 4.39 Å². The molecule has 3 rings (SSSR count). The van der Waals surface area contributed by atoms with Crippen LogP contribution in [-0.4, -0.2) is 14.9 Å². The standard InChI is InChI=1S/C16H15FN4S/c1-11(12-7-3-2-4-8-12)22-16-20-19-15(21(16)18)13-9-5-6-10-14(13)17/h2-11H,18H2,1H3. The molecule has 1 atom stereocenters. The van der Waals surface area contributed by atoms with Gasteiger partial charge in [-0.25, -0.2) is 9.07 Å². The van der Waals surface area contributed by atoms with Crippen molar-refractivity contribution < 1.29 is 4.39 Å². The van der Waals surface area contributed by atoms with Crippen molar-refractivity contribution in [3.05, 3.63) is 66.0 Å². The highest BCUT2D eigenvalue weighted by molar-refractivity contribution is 7.99. The van der Waals surface area contributed by atoms with Gasteiger partial charge < -0.3 is 5.84 Å². The molecule has 0 spiro atoms. The normalized spacial score (nSPS) is 12.3. The summed E-state index contributed by atoms with van der Waals surface area (Å²) >= 11 is 1.49. The first kappa shape index (κ1) is 14.6. The first-order valence-corrected chi connectivity index (χ1v) is 7.72. The molecule has 0 aliphatic heterocycles. The Hall–Kier alpha value is -2.34. The fourth-order valence-electron chi connectivity index (χ4n) is 2.13. The highest BCUT2D eigenvalue weighted by Crippen LogP contribution is 2.34. The van der Waals surface area contributed by atoms with E-state index < -0.39 is 0 Å². The monoisotopic (exact) mass is 314 g/mol. The summed E-state index contributed by atoms with van der Waals surface area (Å²) in [5.41, 5.74) is 1.51. The van der Waals surface area contributed by atoms with Crippen molar-refractivity contribution in [3.8, 4) is 11.4 Å². The molecule has 112 valence electrons. The first-order chi connectivity index (χ1) is 10.7. The van der Waals surface area contributed by atoms with Gasteiger partial charge >= 0.3 is 0 Å². The van der Waals surface area contributed by atoms with E-state index in [1.165, 1.54) is 28.1 Å². The molecule has 22 heavy (non-hydrogen) atoms. The van der Waals surface area contributed by atoms with E-state index in [4.69, 9.17) is 5.84 Å². The Morgan fingerprint density at radius 1 is 1.05 bits per heavy atom. The van der Waals surface area contributed by atoms with Crippen LogP contribution < -0.4 is 5.84 Å². The molecule has 1 aromatic heterocycles. The lowest BCUT2D eigenvalue weighted by atomic mass is 10.2. The Balaban J connectivity index is 1.87. The smallest absolute Gasteiger partial charge is 0.210 e. The summed E-state index contributed by atoms with van der Waals surface area (Å²) in [5, 5.41) is 8.82. The van der Waals surface area contributed by atoms with E-state index in [0.717, 1.165) is 0 Å². The summed E-state index contributed by atoms with van der Waals surface area (Å²) < 4.78 is 15.2. The predicted octanol–water partition coefficient (Wildman–Crippen LogP) is 3.65. The van der Waals surface area contributed by atoms with E-state index in [1.807, 2.05) is 30.3 Å². The van der Waals surface area contributed by atoms with Crippen molar-refractivity contribution in [2.24, 2.45) is 0 Å². The van der Waals surface area contributed by atoms with Gasteiger partial charge in [-0.1, -0.05) is 54.2 Å². The molecular weight excluding hydrogens is 299 g/mol. The highest BCUT2D eigenvalue weighted by atomic mass is 32.2. The molecule has 2 N–H and O–H groups in total. The largest absolute Gasteiger partial charge is 0.335 e. The average molecular weight is 314 g/mol. The number of aromatic nitrogens is 3. The molecule has 0 bridgehead atoms. The van der Waals surface area contributed by atoms with Crippen molar-refractivity contribution in [2.45, 2.75) is 17.3 Å². The first-order valence-electron chi connectivity index (χ1n) is 6.84. The number of nitrogens with two attached hydrogens (primary N) is 1. The summed E-state index contributed by atoms with van der Waals surface area (Å²) in [5.74, 6) is 5.99. The molecule has 0 amide bonds. The molecule has 2 aromatic carbocycles. The van der Waals surface area contributed by atoms with Crippen LogP contribution in [0.5, 0.6) is 0 Å². The minimum atomic E-state index is -0.366. The number of thioether (sulfide) groups is 1. The van der Waals surface area contributed by atoms with E-state index in [-0.39, 0.29) is 11.1 Å². The van der Waals surface area contributed by atoms with Crippen LogP contribution in [0.1, 0.15) is 17.7 Å². The fraction of sp³-hybridized carbons (Fsp3) is 0.125. The van der Waals surface area contributed by atoms with Crippen LogP contribution in [0.15, 0.2) is 59.8 Å². The summed E-state index contributed by atoms with van der Waals surface area (Å²) in [6, 6.07) is 16.4. The zero-order chi connectivity index (χ0) is 15.5. The summed E-state index contributed by atoms with van der Waals surface area (Å²) in [6.07, 6.45) is 0. The number of benzene rings is 2. The number of rotatable bonds is 4. The Morgan fingerprint density at radius 2 is 1.73 bits per heavy atom. The maximum atomic E-state index is 13.8. The molecule has 3 aromatic rings. The number of halogens is 1. The van der Waals surface area contributed by atoms with E-state index in [2.05, 4.69) is 17.1 Å². The Bertz CT molecular complexity index is 773. The van der Waals surface area contributed by atoms with Crippen LogP contribution in [0.4, 0.5) is 4.39 Å². The van der Waals surface area contributed by atoms with Crippen molar-refractivity contribution in [1.82, 2.24) is 14.9 Å². The van der Waals surface area contributed by atoms with E-state index >= 15 is 0 Å². The SMILES string of the molecule is CC(Sc1nnc(-c2ccccc2F)n1N)c1ccccc1. The Labute approximate surface area is 132 Å². The third-order valence-corrected chi connectivity index (χ3v) is 4.45. The maximum absolute atomic E-state index is 13.8. The zero-order valence-corrected chi connectivity index (χ0v) is 12.8. The van der Waals surface area contributed by atoms with Crippen LogP contribution in [0.25, 0.3) is 11.4 Å². The minimum absolute atomic E-state index is 0.168. The molecule has 0 fully saturated rings. The molecule has 6 heteroatoms. The van der Waals surface area contributed by atoms with Crippen molar-refractivity contribution >= 4 is 11.8 Å². The second kappa shape index (κ2) is 6.19. The van der Waals surface area contributed by atoms with Crippen molar-refractivity contribution in [3.63, 3.8) is 0 Å². The lowest BCUT2D eigenvalue weighted by molar-refractivity contribution is 0.629. The van der Waals surface area contributed by atoms with Gasteiger partial charge in [0.2, 0.25) is 5.16 Å². The van der Waals surface area contributed by atoms with Crippen molar-refractivity contribution in [2.75, 3.05) is 5.84 Å². The number of nitrogens with zero attached hydrogens (tertiary/aromatic N) is 3. The van der Waals surface area contributed by atoms with Gasteiger partial charge in [-0.15, -0.1) is 10.2 Å². The average Bonchev–Trinajstić information content (AvgIpc) is 2.90. The molecule has 0 saturated heterocycles. The molecule has 1 heterocycles. The molecule has 1 unspecified atom stereocenters. The van der Waals surface area contributed by atoms with Crippen LogP contribution in [0.3, 0.4) is 0 Å². The maximum Gasteiger partial charge on any atom is 0.210 e. The second-order valence-corrected chi connectivity index (χ2v) is 6.13. The fourth-order valence-corrected chi connectivity index (χ4v) is 3.03. The molecular formula is C16H15FN4S. The predicted molar refractivity (Wildman–Crippen MR) is 86.3 cm³/mol. The van der Waals surface area contributed by atoms with Gasteiger partial charge in [-0.05, 0) is 24.6 Å². The Kier molecular flexibility index (Phi) is 4.11. The van der Waals surface area contributed by atoms with E-state index in [1.54, 1.807) is 18.2 Å². The van der Waals surface area contributed by atoms with Crippen LogP contribution in [-0.2, 0) is 0 Å². The summed E-state index contributed by atoms with van der Waals surface area (Å²) in [7, 11) is 0. The van der Waals surface area contributed by atoms with Crippen LogP contribution in [0, 0.1) is 5.82 Å². The quantitative estimate of drug-likeness (QED) is 0.590. The third-order valence-electron chi connectivity index (χ3n) is 3.33. The Morgan fingerprint density at radius 3 is 2.45 bits per heavy atom.